The van der Waals surface area contributed by atoms with Crippen LogP contribution in [0.25, 0.3) is 21.9 Å². The molecule has 8 heteroatoms. The van der Waals surface area contributed by atoms with E-state index in [4.69, 9.17) is 0 Å². The summed E-state index contributed by atoms with van der Waals surface area (Å²) >= 11 is 4.95. The first kappa shape index (κ1) is 11.4. The summed E-state index contributed by atoms with van der Waals surface area (Å²) in [6.45, 7) is 1.97. The number of thiophene rings is 1. The van der Waals surface area contributed by atoms with Crippen LogP contribution in [0.2, 0.25) is 0 Å². The molecule has 0 radical (unpaired) electrons. The molecule has 0 spiro atoms. The number of nitrogens with zero attached hydrogens (tertiary/aromatic N) is 1. The van der Waals surface area contributed by atoms with Crippen LogP contribution in [0.4, 0.5) is 0 Å². The number of H-pyrrole nitrogens is 3. The van der Waals surface area contributed by atoms with Crippen LogP contribution in [0.15, 0.2) is 19.4 Å². The quantitative estimate of drug-likeness (QED) is 0.635. The molecule has 0 saturated heterocycles. The highest BCUT2D eigenvalue weighted by Gasteiger charge is 2.12. The number of aryl methyl sites for hydroxylation is 1. The average molecular weight is 327 g/mol. The van der Waals surface area contributed by atoms with Crippen molar-refractivity contribution < 1.29 is 0 Å². The summed E-state index contributed by atoms with van der Waals surface area (Å²) in [5.74, 6) is 0.566. The Morgan fingerprint density at radius 3 is 2.72 bits per heavy atom. The molecule has 3 aromatic rings. The zero-order valence-electron chi connectivity index (χ0n) is 9.13. The number of hydrogen-bond acceptors (Lipinski definition) is 4. The second kappa shape index (κ2) is 3.92. The fourth-order valence-electron chi connectivity index (χ4n) is 1.63. The van der Waals surface area contributed by atoms with Gasteiger partial charge in [0.2, 0.25) is 0 Å². The Morgan fingerprint density at radius 2 is 2.06 bits per heavy atom. The van der Waals surface area contributed by atoms with Crippen LogP contribution < -0.4 is 11.2 Å². The van der Waals surface area contributed by atoms with Gasteiger partial charge in [0.15, 0.2) is 11.5 Å². The third-order valence-corrected chi connectivity index (χ3v) is 4.62. The van der Waals surface area contributed by atoms with Gasteiger partial charge in [-0.25, -0.2) is 9.78 Å². The molecule has 0 aliphatic heterocycles. The van der Waals surface area contributed by atoms with Crippen molar-refractivity contribution in [2.75, 3.05) is 0 Å². The molecule has 0 unspecified atom stereocenters. The van der Waals surface area contributed by atoms with Crippen LogP contribution in [0, 0.1) is 6.92 Å². The van der Waals surface area contributed by atoms with E-state index in [0.717, 1.165) is 14.2 Å². The van der Waals surface area contributed by atoms with Gasteiger partial charge in [-0.05, 0) is 34.5 Å². The van der Waals surface area contributed by atoms with Crippen molar-refractivity contribution >= 4 is 38.4 Å². The second-order valence-electron chi connectivity index (χ2n) is 3.78. The topological polar surface area (TPSA) is 94.4 Å². The lowest BCUT2D eigenvalue weighted by Crippen LogP contribution is -2.21. The van der Waals surface area contributed by atoms with E-state index in [9.17, 15) is 9.59 Å². The van der Waals surface area contributed by atoms with E-state index in [1.54, 1.807) is 0 Å². The summed E-state index contributed by atoms with van der Waals surface area (Å²) in [6.07, 6.45) is 0. The fraction of sp³-hybridized carbons (Fsp3) is 0.100. The molecule has 0 saturated carbocycles. The van der Waals surface area contributed by atoms with E-state index in [2.05, 4.69) is 35.9 Å². The van der Waals surface area contributed by atoms with Gasteiger partial charge in [0.1, 0.15) is 5.52 Å². The molecule has 3 aromatic heterocycles. The Balaban J connectivity index is 2.28. The first-order valence-corrected chi connectivity index (χ1v) is 6.64. The largest absolute Gasteiger partial charge is 0.331 e. The standard InChI is InChI=1S/C10H7BrN4O2S/c1-3-2-4(18-6(3)11)7-12-5-8(13-7)14-10(17)15-9(5)16/h2H,1H3,(H3,12,13,14,15,16,17). The highest BCUT2D eigenvalue weighted by Crippen LogP contribution is 2.33. The zero-order valence-corrected chi connectivity index (χ0v) is 11.5. The Bertz CT molecular complexity index is 837. The van der Waals surface area contributed by atoms with Gasteiger partial charge in [0, 0.05) is 0 Å². The molecule has 0 aliphatic carbocycles. The third-order valence-electron chi connectivity index (χ3n) is 2.48. The normalized spacial score (nSPS) is 11.2. The van der Waals surface area contributed by atoms with Crippen molar-refractivity contribution in [3.8, 4) is 10.7 Å². The summed E-state index contributed by atoms with van der Waals surface area (Å²) in [5, 5.41) is 0. The van der Waals surface area contributed by atoms with Gasteiger partial charge in [-0.3, -0.25) is 14.8 Å². The van der Waals surface area contributed by atoms with Gasteiger partial charge < -0.3 is 4.98 Å². The molecule has 0 amide bonds. The maximum atomic E-state index is 11.6. The minimum atomic E-state index is -0.561. The number of rotatable bonds is 1. The van der Waals surface area contributed by atoms with Gasteiger partial charge in [-0.2, -0.15) is 0 Å². The molecule has 92 valence electrons. The van der Waals surface area contributed by atoms with Crippen molar-refractivity contribution in [1.82, 2.24) is 19.9 Å². The van der Waals surface area contributed by atoms with Crippen molar-refractivity contribution in [3.05, 3.63) is 36.3 Å². The molecule has 3 heterocycles. The highest BCUT2D eigenvalue weighted by molar-refractivity contribution is 9.11. The number of nitrogens with one attached hydrogen (secondary N) is 3. The molecule has 0 atom stereocenters. The molecular formula is C10H7BrN4O2S. The minimum absolute atomic E-state index is 0.265. The Kier molecular flexibility index (Phi) is 2.49. The first-order chi connectivity index (χ1) is 8.54. The van der Waals surface area contributed by atoms with Crippen LogP contribution in [-0.4, -0.2) is 19.9 Å². The molecule has 6 nitrogen and oxygen atoms in total. The van der Waals surface area contributed by atoms with Crippen LogP contribution in [0.3, 0.4) is 0 Å². The number of imidazole rings is 1. The van der Waals surface area contributed by atoms with E-state index >= 15 is 0 Å². The third kappa shape index (κ3) is 1.73. The Morgan fingerprint density at radius 1 is 1.28 bits per heavy atom. The zero-order chi connectivity index (χ0) is 12.9. The van der Waals surface area contributed by atoms with Crippen LogP contribution in [0.1, 0.15) is 5.56 Å². The Hall–Kier alpha value is -1.67. The molecular weight excluding hydrogens is 320 g/mol. The molecule has 0 aromatic carbocycles. The van der Waals surface area contributed by atoms with Gasteiger partial charge in [-0.15, -0.1) is 11.3 Å². The van der Waals surface area contributed by atoms with Crippen molar-refractivity contribution in [2.45, 2.75) is 6.92 Å². The first-order valence-electron chi connectivity index (χ1n) is 5.03. The lowest BCUT2D eigenvalue weighted by atomic mass is 10.3. The summed E-state index contributed by atoms with van der Waals surface area (Å²) in [4.78, 5) is 35.4. The molecule has 0 aliphatic rings. The SMILES string of the molecule is Cc1cc(-c2nc3[nH]c(=O)[nH]c(=O)c3[nH]2)sc1Br. The molecule has 18 heavy (non-hydrogen) atoms. The van der Waals surface area contributed by atoms with E-state index < -0.39 is 11.2 Å². The van der Waals surface area contributed by atoms with Crippen LogP contribution in [-0.2, 0) is 0 Å². The Labute approximate surface area is 112 Å². The monoisotopic (exact) mass is 326 g/mol. The predicted octanol–water partition coefficient (Wildman–Crippen LogP) is 1.74. The number of aromatic amines is 3. The highest BCUT2D eigenvalue weighted by atomic mass is 79.9. The summed E-state index contributed by atoms with van der Waals surface area (Å²) in [7, 11) is 0. The van der Waals surface area contributed by atoms with Crippen LogP contribution in [0.5, 0.6) is 0 Å². The molecule has 0 bridgehead atoms. The van der Waals surface area contributed by atoms with Gasteiger partial charge in [-0.1, -0.05) is 0 Å². The number of aromatic nitrogens is 4. The number of halogens is 1. The smallest absolute Gasteiger partial charge is 0.327 e. The maximum absolute atomic E-state index is 11.6. The summed E-state index contributed by atoms with van der Waals surface area (Å²) in [6, 6.07) is 1.96. The summed E-state index contributed by atoms with van der Waals surface area (Å²) in [5.41, 5.74) is 0.597. The summed E-state index contributed by atoms with van der Waals surface area (Å²) < 4.78 is 1.01. The lowest BCUT2D eigenvalue weighted by molar-refractivity contribution is 1.07. The molecule has 0 fully saturated rings. The second-order valence-corrected chi connectivity index (χ2v) is 6.15. The van der Waals surface area contributed by atoms with Crippen molar-refractivity contribution in [2.24, 2.45) is 0 Å². The lowest BCUT2D eigenvalue weighted by Gasteiger charge is -1.86. The van der Waals surface area contributed by atoms with E-state index in [0.29, 0.717) is 5.82 Å². The van der Waals surface area contributed by atoms with E-state index in [-0.39, 0.29) is 11.2 Å². The van der Waals surface area contributed by atoms with Gasteiger partial charge in [0.25, 0.3) is 5.56 Å². The fourth-order valence-corrected chi connectivity index (χ4v) is 3.11. The van der Waals surface area contributed by atoms with E-state index in [1.807, 2.05) is 13.0 Å². The van der Waals surface area contributed by atoms with Crippen molar-refractivity contribution in [1.29, 1.82) is 0 Å². The van der Waals surface area contributed by atoms with Gasteiger partial charge >= 0.3 is 5.69 Å². The number of hydrogen-bond donors (Lipinski definition) is 3. The number of fused-ring (bicyclic) bond motifs is 1. The van der Waals surface area contributed by atoms with Gasteiger partial charge in [0.05, 0.1) is 8.66 Å². The van der Waals surface area contributed by atoms with Crippen molar-refractivity contribution in [3.63, 3.8) is 0 Å². The average Bonchev–Trinajstić information content (AvgIpc) is 2.84. The predicted molar refractivity (Wildman–Crippen MR) is 73.1 cm³/mol. The molecule has 3 N–H and O–H groups in total. The minimum Gasteiger partial charge on any atom is -0.331 e. The maximum Gasteiger partial charge on any atom is 0.327 e. The van der Waals surface area contributed by atoms with E-state index in [1.165, 1.54) is 11.3 Å². The van der Waals surface area contributed by atoms with Crippen LogP contribution >= 0.6 is 27.3 Å². The molecule has 3 rings (SSSR count).